The van der Waals surface area contributed by atoms with Gasteiger partial charge in [0.2, 0.25) is 0 Å². The Hall–Kier alpha value is -3.14. The van der Waals surface area contributed by atoms with Crippen LogP contribution in [0.25, 0.3) is 11.0 Å². The first-order valence-corrected chi connectivity index (χ1v) is 8.43. The summed E-state index contributed by atoms with van der Waals surface area (Å²) in [6.07, 6.45) is 1.92. The summed E-state index contributed by atoms with van der Waals surface area (Å²) < 4.78 is 0. The van der Waals surface area contributed by atoms with Crippen LogP contribution in [0.3, 0.4) is 0 Å². The van der Waals surface area contributed by atoms with E-state index in [-0.39, 0.29) is 0 Å². The van der Waals surface area contributed by atoms with Crippen molar-refractivity contribution in [2.24, 2.45) is 0 Å². The number of anilines is 1. The Bertz CT molecular complexity index is 961. The number of pyridine rings is 1. The van der Waals surface area contributed by atoms with Crippen LogP contribution in [0.15, 0.2) is 72.9 Å². The number of H-pyrrole nitrogens is 1. The molecule has 0 fully saturated rings. The van der Waals surface area contributed by atoms with Crippen molar-refractivity contribution in [3.63, 3.8) is 0 Å². The number of hydrogen-bond acceptors (Lipinski definition) is 3. The average Bonchev–Trinajstić information content (AvgIpc) is 3.03. The fraction of sp³-hybridized carbons (Fsp3) is 0.143. The molecule has 0 unspecified atom stereocenters. The number of nitrogens with one attached hydrogen (secondary N) is 1. The number of hydrogen-bond donors (Lipinski definition) is 1. The molecular weight excluding hydrogens is 308 g/mol. The Kier molecular flexibility index (Phi) is 4.17. The Labute approximate surface area is 147 Å². The highest BCUT2D eigenvalue weighted by Crippen LogP contribution is 2.21. The summed E-state index contributed by atoms with van der Waals surface area (Å²) in [5.41, 5.74) is 5.50. The molecule has 0 amide bonds. The standard InChI is InChI=1S/C21H20N4/c1-16-20-12-18(13-22-21(20)24-23-16)15-25(19-10-6-3-7-11-19)14-17-8-4-2-5-9-17/h2-13H,14-15H2,1H3,(H,22,23,24). The van der Waals surface area contributed by atoms with E-state index in [2.05, 4.69) is 80.7 Å². The summed E-state index contributed by atoms with van der Waals surface area (Å²) >= 11 is 0. The molecular formula is C21H20N4. The molecule has 4 nitrogen and oxygen atoms in total. The normalized spacial score (nSPS) is 10.9. The van der Waals surface area contributed by atoms with Crippen molar-refractivity contribution in [1.82, 2.24) is 15.2 Å². The lowest BCUT2D eigenvalue weighted by atomic mass is 10.1. The minimum absolute atomic E-state index is 0.774. The maximum Gasteiger partial charge on any atom is 0.181 e. The van der Waals surface area contributed by atoms with Crippen LogP contribution in [0.4, 0.5) is 5.69 Å². The molecule has 0 saturated heterocycles. The molecule has 0 radical (unpaired) electrons. The van der Waals surface area contributed by atoms with Gasteiger partial charge in [0.15, 0.2) is 5.65 Å². The summed E-state index contributed by atoms with van der Waals surface area (Å²) in [5.74, 6) is 0. The number of nitrogens with zero attached hydrogens (tertiary/aromatic N) is 3. The van der Waals surface area contributed by atoms with Gasteiger partial charge < -0.3 is 4.90 Å². The molecule has 4 heteroatoms. The summed E-state index contributed by atoms with van der Waals surface area (Å²) in [6, 6.07) is 23.2. The Morgan fingerprint density at radius 1 is 0.880 bits per heavy atom. The highest BCUT2D eigenvalue weighted by atomic mass is 15.2. The first kappa shape index (κ1) is 15.4. The van der Waals surface area contributed by atoms with E-state index in [1.165, 1.54) is 16.8 Å². The van der Waals surface area contributed by atoms with Crippen molar-refractivity contribution >= 4 is 16.7 Å². The smallest absolute Gasteiger partial charge is 0.181 e. The van der Waals surface area contributed by atoms with Gasteiger partial charge in [-0.1, -0.05) is 48.5 Å². The van der Waals surface area contributed by atoms with Crippen LogP contribution in [0.2, 0.25) is 0 Å². The Morgan fingerprint density at radius 3 is 2.32 bits per heavy atom. The van der Waals surface area contributed by atoms with Gasteiger partial charge >= 0.3 is 0 Å². The van der Waals surface area contributed by atoms with E-state index in [4.69, 9.17) is 0 Å². The maximum atomic E-state index is 4.49. The third-order valence-electron chi connectivity index (χ3n) is 4.37. The Balaban J connectivity index is 1.66. The molecule has 0 aliphatic rings. The first-order valence-electron chi connectivity index (χ1n) is 8.43. The number of aromatic nitrogens is 3. The van der Waals surface area contributed by atoms with Crippen LogP contribution < -0.4 is 4.90 Å². The second-order valence-corrected chi connectivity index (χ2v) is 6.24. The number of benzene rings is 2. The lowest BCUT2D eigenvalue weighted by molar-refractivity contribution is 0.798. The Morgan fingerprint density at radius 2 is 1.56 bits per heavy atom. The van der Waals surface area contributed by atoms with Crippen LogP contribution in [0.5, 0.6) is 0 Å². The van der Waals surface area contributed by atoms with Crippen molar-refractivity contribution in [3.05, 3.63) is 89.7 Å². The lowest BCUT2D eigenvalue weighted by Gasteiger charge is -2.25. The molecule has 25 heavy (non-hydrogen) atoms. The largest absolute Gasteiger partial charge is 0.363 e. The molecule has 2 aromatic carbocycles. The van der Waals surface area contributed by atoms with Crippen LogP contribution >= 0.6 is 0 Å². The monoisotopic (exact) mass is 328 g/mol. The third kappa shape index (κ3) is 3.38. The molecule has 1 N–H and O–H groups in total. The van der Waals surface area contributed by atoms with Gasteiger partial charge in [-0.15, -0.1) is 0 Å². The van der Waals surface area contributed by atoms with Crippen molar-refractivity contribution < 1.29 is 0 Å². The zero-order chi connectivity index (χ0) is 17.1. The summed E-state index contributed by atoms with van der Waals surface area (Å²) in [5, 5.41) is 8.31. The zero-order valence-corrected chi connectivity index (χ0v) is 14.2. The predicted molar refractivity (Wildman–Crippen MR) is 101 cm³/mol. The van der Waals surface area contributed by atoms with Gasteiger partial charge in [-0.05, 0) is 36.2 Å². The SMILES string of the molecule is Cc1[nH]nc2ncc(CN(Cc3ccccc3)c3ccccc3)cc12. The highest BCUT2D eigenvalue weighted by molar-refractivity contribution is 5.77. The van der Waals surface area contributed by atoms with Crippen molar-refractivity contribution in [3.8, 4) is 0 Å². The fourth-order valence-electron chi connectivity index (χ4n) is 3.05. The molecule has 0 atom stereocenters. The second-order valence-electron chi connectivity index (χ2n) is 6.24. The van der Waals surface area contributed by atoms with Crippen molar-refractivity contribution in [1.29, 1.82) is 0 Å². The topological polar surface area (TPSA) is 44.8 Å². The zero-order valence-electron chi connectivity index (χ0n) is 14.2. The fourth-order valence-corrected chi connectivity index (χ4v) is 3.05. The van der Waals surface area contributed by atoms with Crippen molar-refractivity contribution in [2.75, 3.05) is 4.90 Å². The van der Waals surface area contributed by atoms with Gasteiger partial charge in [0, 0.05) is 36.1 Å². The van der Waals surface area contributed by atoms with E-state index in [0.29, 0.717) is 0 Å². The average molecular weight is 328 g/mol. The van der Waals surface area contributed by atoms with Gasteiger partial charge in [0.05, 0.1) is 0 Å². The lowest BCUT2D eigenvalue weighted by Crippen LogP contribution is -2.22. The molecule has 0 bridgehead atoms. The molecule has 0 aliphatic heterocycles. The first-order chi connectivity index (χ1) is 12.3. The third-order valence-corrected chi connectivity index (χ3v) is 4.37. The minimum atomic E-state index is 0.774. The minimum Gasteiger partial charge on any atom is -0.363 e. The molecule has 124 valence electrons. The number of para-hydroxylation sites is 1. The van der Waals surface area contributed by atoms with Crippen molar-refractivity contribution in [2.45, 2.75) is 20.0 Å². The van der Waals surface area contributed by atoms with E-state index < -0.39 is 0 Å². The molecule has 4 aromatic rings. The molecule has 2 aromatic heterocycles. The van der Waals surface area contributed by atoms with E-state index in [1.54, 1.807) is 0 Å². The quantitative estimate of drug-likeness (QED) is 0.588. The van der Waals surface area contributed by atoms with Crippen LogP contribution in [-0.2, 0) is 13.1 Å². The molecule has 4 rings (SSSR count). The molecule has 0 spiro atoms. The van der Waals surface area contributed by atoms with E-state index in [1.807, 2.05) is 19.2 Å². The molecule has 2 heterocycles. The second kappa shape index (κ2) is 6.77. The summed E-state index contributed by atoms with van der Waals surface area (Å²) in [4.78, 5) is 6.86. The van der Waals surface area contributed by atoms with Gasteiger partial charge in [-0.25, -0.2) is 4.98 Å². The number of aryl methyl sites for hydroxylation is 1. The van der Waals surface area contributed by atoms with Crippen LogP contribution in [-0.4, -0.2) is 15.2 Å². The van der Waals surface area contributed by atoms with Gasteiger partial charge in [-0.3, -0.25) is 5.10 Å². The predicted octanol–water partition coefficient (Wildman–Crippen LogP) is 4.47. The van der Waals surface area contributed by atoms with Gasteiger partial charge in [0.1, 0.15) is 0 Å². The van der Waals surface area contributed by atoms with Gasteiger partial charge in [0.25, 0.3) is 0 Å². The molecule has 0 aliphatic carbocycles. The molecule has 0 saturated carbocycles. The van der Waals surface area contributed by atoms with E-state index in [0.717, 1.165) is 29.8 Å². The van der Waals surface area contributed by atoms with Gasteiger partial charge in [-0.2, -0.15) is 5.10 Å². The maximum absolute atomic E-state index is 4.49. The van der Waals surface area contributed by atoms with E-state index >= 15 is 0 Å². The number of rotatable bonds is 5. The van der Waals surface area contributed by atoms with E-state index in [9.17, 15) is 0 Å². The van der Waals surface area contributed by atoms with Crippen LogP contribution in [0.1, 0.15) is 16.8 Å². The van der Waals surface area contributed by atoms with Crippen LogP contribution in [0, 0.1) is 6.92 Å². The summed E-state index contributed by atoms with van der Waals surface area (Å²) in [7, 11) is 0. The number of aromatic amines is 1. The highest BCUT2D eigenvalue weighted by Gasteiger charge is 2.10. The number of fused-ring (bicyclic) bond motifs is 1. The summed E-state index contributed by atoms with van der Waals surface area (Å²) in [6.45, 7) is 3.68.